The van der Waals surface area contributed by atoms with Crippen molar-refractivity contribution < 1.29 is 38.2 Å². The second-order valence-electron chi connectivity index (χ2n) is 14.8. The quantitative estimate of drug-likeness (QED) is 0.0270. The Hall–Kier alpha value is -3.75. The first-order valence-electron chi connectivity index (χ1n) is 21.3. The highest BCUT2D eigenvalue weighted by atomic mass is 16.6. The molecule has 0 saturated heterocycles. The van der Waals surface area contributed by atoms with Crippen LogP contribution in [0.15, 0.2) is 97.2 Å². The molecule has 0 aliphatic heterocycles. The maximum Gasteiger partial charge on any atom is 0.306 e. The number of esters is 2. The summed E-state index contributed by atoms with van der Waals surface area (Å²) < 4.78 is 17.1. The number of hydrogen-bond acceptors (Lipinski definition) is 7. The number of carbonyl (C=O) groups is 3. The SMILES string of the molecule is CC/C=C\C/C=C\C/C=C\C/C=C\C/C=C\CCCC(=O)OC(COCCC(C(=O)[O-])[N+](C)(C)C)COC(=O)CCCCCCC/C=C\C/C=C\C/C=C\CC. The summed E-state index contributed by atoms with van der Waals surface area (Å²) in [6, 6.07) is -0.744. The zero-order valence-corrected chi connectivity index (χ0v) is 35.8. The Labute approximate surface area is 341 Å². The standard InChI is InChI=1S/C48H77NO7/c1-6-8-10-12-14-16-18-20-22-23-25-27-29-31-33-35-37-39-47(51)56-44(42-54-41-40-45(48(52)53)49(3,4)5)43-55-46(50)38-36-34-32-30-28-26-24-21-19-17-15-13-11-9-7-2/h8-11,14-17,20-22,24-25,27,31,33,44-45H,6-7,12-13,18-19,23,26,28-30,32,34-43H2,1-5H3/b10-8-,11-9-,16-14-,17-15-,22-20-,24-21-,27-25-,33-31-. The Morgan fingerprint density at radius 2 is 0.964 bits per heavy atom. The predicted octanol–water partition coefficient (Wildman–Crippen LogP) is 10.2. The van der Waals surface area contributed by atoms with Crippen LogP contribution in [0.2, 0.25) is 0 Å². The van der Waals surface area contributed by atoms with Gasteiger partial charge in [0.2, 0.25) is 0 Å². The van der Waals surface area contributed by atoms with Gasteiger partial charge in [-0.3, -0.25) is 9.59 Å². The fourth-order valence-corrected chi connectivity index (χ4v) is 5.47. The fourth-order valence-electron chi connectivity index (χ4n) is 5.47. The van der Waals surface area contributed by atoms with Gasteiger partial charge in [-0.1, -0.05) is 130 Å². The third-order valence-electron chi connectivity index (χ3n) is 8.72. The van der Waals surface area contributed by atoms with Crippen LogP contribution in [0.1, 0.15) is 136 Å². The minimum Gasteiger partial charge on any atom is -0.544 e. The molecule has 0 N–H and O–H groups in total. The van der Waals surface area contributed by atoms with E-state index in [9.17, 15) is 19.5 Å². The van der Waals surface area contributed by atoms with Gasteiger partial charge >= 0.3 is 11.9 Å². The van der Waals surface area contributed by atoms with Gasteiger partial charge in [-0.15, -0.1) is 0 Å². The van der Waals surface area contributed by atoms with E-state index in [4.69, 9.17) is 14.2 Å². The van der Waals surface area contributed by atoms with Gasteiger partial charge in [0.1, 0.15) is 12.6 Å². The summed E-state index contributed by atoms with van der Waals surface area (Å²) >= 11 is 0. The Kier molecular flexibility index (Phi) is 35.6. The topological polar surface area (TPSA) is 102 Å². The van der Waals surface area contributed by atoms with Crippen LogP contribution in [0.25, 0.3) is 0 Å². The summed E-state index contributed by atoms with van der Waals surface area (Å²) in [5, 5.41) is 11.6. The van der Waals surface area contributed by atoms with Crippen molar-refractivity contribution >= 4 is 17.9 Å². The zero-order chi connectivity index (χ0) is 41.4. The largest absolute Gasteiger partial charge is 0.544 e. The molecule has 8 heteroatoms. The number of likely N-dealkylation sites (N-methyl/N-ethyl adjacent to an activating group) is 1. The third-order valence-corrected chi connectivity index (χ3v) is 8.72. The van der Waals surface area contributed by atoms with E-state index in [0.29, 0.717) is 12.8 Å². The van der Waals surface area contributed by atoms with Crippen LogP contribution in [-0.4, -0.2) is 75.5 Å². The van der Waals surface area contributed by atoms with Gasteiger partial charge in [0, 0.05) is 19.3 Å². The van der Waals surface area contributed by atoms with Crippen molar-refractivity contribution in [1.82, 2.24) is 0 Å². The molecule has 0 heterocycles. The first kappa shape index (κ1) is 52.2. The van der Waals surface area contributed by atoms with Crippen LogP contribution in [-0.2, 0) is 28.6 Å². The normalized spacial score (nSPS) is 13.9. The van der Waals surface area contributed by atoms with Crippen molar-refractivity contribution in [2.45, 2.75) is 148 Å². The molecule has 2 atom stereocenters. The van der Waals surface area contributed by atoms with Gasteiger partial charge in [-0.05, 0) is 83.5 Å². The van der Waals surface area contributed by atoms with E-state index in [1.54, 1.807) is 21.1 Å². The number of carboxylic acid groups (broad SMARTS) is 1. The number of rotatable bonds is 36. The molecule has 0 radical (unpaired) electrons. The number of quaternary nitrogens is 1. The fraction of sp³-hybridized carbons (Fsp3) is 0.604. The van der Waals surface area contributed by atoms with Crippen molar-refractivity contribution in [1.29, 1.82) is 0 Å². The molecule has 0 bridgehead atoms. The zero-order valence-electron chi connectivity index (χ0n) is 35.8. The van der Waals surface area contributed by atoms with Gasteiger partial charge in [0.05, 0.1) is 40.3 Å². The highest BCUT2D eigenvalue weighted by Crippen LogP contribution is 2.11. The molecule has 316 valence electrons. The minimum absolute atomic E-state index is 0.00569. The average Bonchev–Trinajstić information content (AvgIpc) is 3.15. The molecule has 0 aromatic carbocycles. The van der Waals surface area contributed by atoms with E-state index >= 15 is 0 Å². The lowest BCUT2D eigenvalue weighted by molar-refractivity contribution is -0.889. The van der Waals surface area contributed by atoms with Crippen LogP contribution in [0.3, 0.4) is 0 Å². The number of carbonyl (C=O) groups excluding carboxylic acids is 3. The first-order chi connectivity index (χ1) is 27.1. The maximum absolute atomic E-state index is 12.7. The summed E-state index contributed by atoms with van der Waals surface area (Å²) in [6.07, 6.45) is 50.1. The van der Waals surface area contributed by atoms with Gasteiger partial charge in [-0.2, -0.15) is 0 Å². The summed E-state index contributed by atoms with van der Waals surface area (Å²) in [7, 11) is 5.36. The minimum atomic E-state index is -1.14. The van der Waals surface area contributed by atoms with E-state index in [0.717, 1.165) is 96.3 Å². The Bertz CT molecular complexity index is 1230. The number of ether oxygens (including phenoxy) is 3. The molecule has 0 aromatic heterocycles. The van der Waals surface area contributed by atoms with Crippen molar-refractivity contribution in [2.24, 2.45) is 0 Å². The van der Waals surface area contributed by atoms with Crippen molar-refractivity contribution in [3.63, 3.8) is 0 Å². The lowest BCUT2D eigenvalue weighted by Crippen LogP contribution is -2.55. The number of carboxylic acids is 1. The molecule has 0 spiro atoms. The number of allylic oxidation sites excluding steroid dienone is 16. The number of nitrogens with zero attached hydrogens (tertiary/aromatic N) is 1. The molecular formula is C48H77NO7. The van der Waals surface area contributed by atoms with Gasteiger partial charge in [0.25, 0.3) is 0 Å². The third kappa shape index (κ3) is 35.9. The van der Waals surface area contributed by atoms with Crippen LogP contribution >= 0.6 is 0 Å². The van der Waals surface area contributed by atoms with Crippen molar-refractivity contribution in [2.75, 3.05) is 41.0 Å². The van der Waals surface area contributed by atoms with E-state index in [-0.39, 0.29) is 49.1 Å². The average molecular weight is 780 g/mol. The van der Waals surface area contributed by atoms with Crippen LogP contribution in [0.4, 0.5) is 0 Å². The molecular weight excluding hydrogens is 703 g/mol. The maximum atomic E-state index is 12.7. The molecule has 0 amide bonds. The van der Waals surface area contributed by atoms with Gasteiger partial charge in [0.15, 0.2) is 6.10 Å². The summed E-state index contributed by atoms with van der Waals surface area (Å²) in [5.41, 5.74) is 0. The van der Waals surface area contributed by atoms with Crippen LogP contribution in [0, 0.1) is 0 Å². The molecule has 0 aliphatic rings. The van der Waals surface area contributed by atoms with Gasteiger partial charge < -0.3 is 28.6 Å². The molecule has 0 aromatic rings. The van der Waals surface area contributed by atoms with Crippen molar-refractivity contribution in [3.05, 3.63) is 97.2 Å². The molecule has 2 unspecified atom stereocenters. The monoisotopic (exact) mass is 780 g/mol. The molecule has 8 nitrogen and oxygen atoms in total. The highest BCUT2D eigenvalue weighted by molar-refractivity contribution is 5.70. The number of hydrogen-bond donors (Lipinski definition) is 0. The van der Waals surface area contributed by atoms with Gasteiger partial charge in [-0.25, -0.2) is 0 Å². The van der Waals surface area contributed by atoms with E-state index < -0.39 is 18.1 Å². The summed E-state index contributed by atoms with van der Waals surface area (Å²) in [4.78, 5) is 36.8. The Balaban J connectivity index is 4.52. The molecule has 0 saturated carbocycles. The molecule has 0 fully saturated rings. The molecule has 56 heavy (non-hydrogen) atoms. The lowest BCUT2D eigenvalue weighted by atomic mass is 10.1. The van der Waals surface area contributed by atoms with Crippen molar-refractivity contribution in [3.8, 4) is 0 Å². The second kappa shape index (κ2) is 38.1. The van der Waals surface area contributed by atoms with E-state index in [1.165, 1.54) is 0 Å². The lowest BCUT2D eigenvalue weighted by Gasteiger charge is -2.34. The van der Waals surface area contributed by atoms with Crippen LogP contribution < -0.4 is 5.11 Å². The summed E-state index contributed by atoms with van der Waals surface area (Å²) in [5.74, 6) is -1.85. The predicted molar refractivity (Wildman–Crippen MR) is 231 cm³/mol. The van der Waals surface area contributed by atoms with E-state index in [1.807, 2.05) is 0 Å². The first-order valence-corrected chi connectivity index (χ1v) is 21.3. The van der Waals surface area contributed by atoms with E-state index in [2.05, 4.69) is 111 Å². The van der Waals surface area contributed by atoms with Crippen LogP contribution in [0.5, 0.6) is 0 Å². The second-order valence-corrected chi connectivity index (χ2v) is 14.8. The highest BCUT2D eigenvalue weighted by Gasteiger charge is 2.25. The number of aliphatic carboxylic acids is 1. The molecule has 0 rings (SSSR count). The Morgan fingerprint density at radius 1 is 0.536 bits per heavy atom. The Morgan fingerprint density at radius 3 is 1.45 bits per heavy atom. The molecule has 0 aliphatic carbocycles. The summed E-state index contributed by atoms with van der Waals surface area (Å²) in [6.45, 7) is 4.33. The smallest absolute Gasteiger partial charge is 0.306 e. The number of unbranched alkanes of at least 4 members (excludes halogenated alkanes) is 6.